The van der Waals surface area contributed by atoms with Crippen LogP contribution in [0.4, 0.5) is 0 Å². The smallest absolute Gasteiger partial charge is 0.123 e. The van der Waals surface area contributed by atoms with Gasteiger partial charge in [-0.25, -0.2) is 0 Å². The second-order valence-corrected chi connectivity index (χ2v) is 7.54. The van der Waals surface area contributed by atoms with Gasteiger partial charge in [-0.05, 0) is 37.1 Å². The van der Waals surface area contributed by atoms with Gasteiger partial charge >= 0.3 is 0 Å². The van der Waals surface area contributed by atoms with E-state index in [4.69, 9.17) is 4.74 Å². The average Bonchev–Trinajstić information content (AvgIpc) is 2.75. The maximum absolute atomic E-state index is 11.0. The molecule has 0 saturated carbocycles. The van der Waals surface area contributed by atoms with E-state index in [0.29, 0.717) is 6.04 Å². The third-order valence-electron chi connectivity index (χ3n) is 3.30. The minimum atomic E-state index is -0.703. The van der Waals surface area contributed by atoms with Gasteiger partial charge in [-0.15, -0.1) is 0 Å². The first-order valence-corrected chi connectivity index (χ1v) is 9.05. The lowest BCUT2D eigenvalue weighted by atomic mass is 10.1. The molecule has 0 spiro atoms. The van der Waals surface area contributed by atoms with Gasteiger partial charge in [-0.2, -0.15) is 0 Å². The SMILES string of the molecule is CC(CCS(C)=O)NCC1Cc2cc(Br)ccc2O1. The first-order chi connectivity index (χ1) is 9.04. The van der Waals surface area contributed by atoms with Crippen molar-refractivity contribution in [1.29, 1.82) is 0 Å². The zero-order valence-corrected chi connectivity index (χ0v) is 13.7. The van der Waals surface area contributed by atoms with Crippen molar-refractivity contribution in [2.45, 2.75) is 31.9 Å². The number of hydrogen-bond acceptors (Lipinski definition) is 3. The molecule has 1 heterocycles. The van der Waals surface area contributed by atoms with E-state index in [2.05, 4.69) is 34.2 Å². The monoisotopic (exact) mass is 345 g/mol. The van der Waals surface area contributed by atoms with Crippen LogP contribution in [0.15, 0.2) is 22.7 Å². The van der Waals surface area contributed by atoms with Crippen molar-refractivity contribution in [2.24, 2.45) is 0 Å². The van der Waals surface area contributed by atoms with Gasteiger partial charge in [0.1, 0.15) is 11.9 Å². The van der Waals surface area contributed by atoms with Gasteiger partial charge < -0.3 is 10.1 Å². The fraction of sp³-hybridized carbons (Fsp3) is 0.571. The largest absolute Gasteiger partial charge is 0.488 e. The molecule has 0 radical (unpaired) electrons. The molecule has 0 saturated heterocycles. The zero-order chi connectivity index (χ0) is 13.8. The Kier molecular flexibility index (Phi) is 5.42. The predicted molar refractivity (Wildman–Crippen MR) is 83.3 cm³/mol. The van der Waals surface area contributed by atoms with E-state index >= 15 is 0 Å². The van der Waals surface area contributed by atoms with Gasteiger partial charge in [-0.3, -0.25) is 4.21 Å². The normalized spacial score (nSPS) is 20.7. The minimum Gasteiger partial charge on any atom is -0.488 e. The van der Waals surface area contributed by atoms with Crippen molar-refractivity contribution in [2.75, 3.05) is 18.6 Å². The molecule has 3 atom stereocenters. The maximum Gasteiger partial charge on any atom is 0.123 e. The quantitative estimate of drug-likeness (QED) is 0.860. The highest BCUT2D eigenvalue weighted by Gasteiger charge is 2.23. The molecule has 0 amide bonds. The van der Waals surface area contributed by atoms with Crippen molar-refractivity contribution in [1.82, 2.24) is 5.32 Å². The van der Waals surface area contributed by atoms with Crippen LogP contribution in [0, 0.1) is 0 Å². The van der Waals surface area contributed by atoms with Crippen LogP contribution in [-0.2, 0) is 17.2 Å². The summed E-state index contributed by atoms with van der Waals surface area (Å²) in [7, 11) is -0.703. The van der Waals surface area contributed by atoms with Crippen molar-refractivity contribution in [3.63, 3.8) is 0 Å². The number of rotatable bonds is 6. The molecule has 2 rings (SSSR count). The molecule has 1 aliphatic heterocycles. The Labute approximate surface area is 125 Å². The third-order valence-corrected chi connectivity index (χ3v) is 4.60. The zero-order valence-electron chi connectivity index (χ0n) is 11.3. The molecule has 106 valence electrons. The summed E-state index contributed by atoms with van der Waals surface area (Å²) in [6.07, 6.45) is 3.85. The summed E-state index contributed by atoms with van der Waals surface area (Å²) in [6.45, 7) is 2.97. The first kappa shape index (κ1) is 15.0. The van der Waals surface area contributed by atoms with Gasteiger partial charge in [0.2, 0.25) is 0 Å². The van der Waals surface area contributed by atoms with E-state index in [0.717, 1.165) is 35.4 Å². The Hall–Kier alpha value is -0.390. The van der Waals surface area contributed by atoms with Crippen molar-refractivity contribution < 1.29 is 8.95 Å². The molecular formula is C14H20BrNO2S. The Bertz CT molecular complexity index is 467. The summed E-state index contributed by atoms with van der Waals surface area (Å²) in [5.41, 5.74) is 1.27. The first-order valence-electron chi connectivity index (χ1n) is 6.53. The summed E-state index contributed by atoms with van der Waals surface area (Å²) < 4.78 is 18.0. The lowest BCUT2D eigenvalue weighted by Gasteiger charge is -2.16. The number of fused-ring (bicyclic) bond motifs is 1. The molecule has 0 aliphatic carbocycles. The molecule has 0 bridgehead atoms. The van der Waals surface area contributed by atoms with Crippen LogP contribution in [0.25, 0.3) is 0 Å². The summed E-state index contributed by atoms with van der Waals surface area (Å²) in [5.74, 6) is 1.75. The van der Waals surface area contributed by atoms with Gasteiger partial charge in [0, 0.05) is 46.3 Å². The Morgan fingerprint density at radius 1 is 1.58 bits per heavy atom. The summed E-state index contributed by atoms with van der Waals surface area (Å²) >= 11 is 3.48. The van der Waals surface area contributed by atoms with Crippen molar-refractivity contribution in [3.8, 4) is 5.75 Å². The molecule has 1 N–H and O–H groups in total. The summed E-state index contributed by atoms with van der Waals surface area (Å²) in [5, 5.41) is 3.46. The molecule has 0 aromatic heterocycles. The molecular weight excluding hydrogens is 326 g/mol. The van der Waals surface area contributed by atoms with Gasteiger partial charge in [0.05, 0.1) is 0 Å². The van der Waals surface area contributed by atoms with Crippen molar-refractivity contribution in [3.05, 3.63) is 28.2 Å². The molecule has 5 heteroatoms. The van der Waals surface area contributed by atoms with Gasteiger partial charge in [-0.1, -0.05) is 15.9 Å². The Morgan fingerprint density at radius 2 is 2.37 bits per heavy atom. The Balaban J connectivity index is 1.76. The van der Waals surface area contributed by atoms with Crippen LogP contribution >= 0.6 is 15.9 Å². The second kappa shape index (κ2) is 6.86. The number of hydrogen-bond donors (Lipinski definition) is 1. The lowest BCUT2D eigenvalue weighted by molar-refractivity contribution is 0.222. The van der Waals surface area contributed by atoms with E-state index in [1.165, 1.54) is 5.56 Å². The molecule has 3 unspecified atom stereocenters. The fourth-order valence-electron chi connectivity index (χ4n) is 2.18. The van der Waals surface area contributed by atoms with Gasteiger partial charge in [0.25, 0.3) is 0 Å². The highest BCUT2D eigenvalue weighted by Crippen LogP contribution is 2.30. The minimum absolute atomic E-state index is 0.207. The van der Waals surface area contributed by atoms with E-state index in [1.54, 1.807) is 6.26 Å². The van der Waals surface area contributed by atoms with Crippen LogP contribution in [0.3, 0.4) is 0 Å². The molecule has 1 aromatic carbocycles. The standard InChI is InChI=1S/C14H20BrNO2S/c1-10(5-6-19(2)17)16-9-13-8-11-7-12(15)3-4-14(11)18-13/h3-4,7,10,13,16H,5-6,8-9H2,1-2H3. The van der Waals surface area contributed by atoms with Crippen LogP contribution in [0.2, 0.25) is 0 Å². The van der Waals surface area contributed by atoms with Crippen LogP contribution in [0.1, 0.15) is 18.9 Å². The van der Waals surface area contributed by atoms with Crippen molar-refractivity contribution >= 4 is 26.7 Å². The molecule has 1 aliphatic rings. The highest BCUT2D eigenvalue weighted by atomic mass is 79.9. The number of halogens is 1. The summed E-state index contributed by atoms with van der Waals surface area (Å²) in [6, 6.07) is 6.53. The van der Waals surface area contributed by atoms with Gasteiger partial charge in [0.15, 0.2) is 0 Å². The number of nitrogens with one attached hydrogen (secondary N) is 1. The topological polar surface area (TPSA) is 38.3 Å². The van der Waals surface area contributed by atoms with E-state index < -0.39 is 10.8 Å². The van der Waals surface area contributed by atoms with E-state index in [-0.39, 0.29) is 6.10 Å². The predicted octanol–water partition coefficient (Wildman–Crippen LogP) is 2.50. The molecule has 1 aromatic rings. The summed E-state index contributed by atoms with van der Waals surface area (Å²) in [4.78, 5) is 0. The second-order valence-electron chi connectivity index (χ2n) is 5.07. The number of ether oxygens (including phenoxy) is 1. The number of benzene rings is 1. The molecule has 19 heavy (non-hydrogen) atoms. The maximum atomic E-state index is 11.0. The third kappa shape index (κ3) is 4.58. The van der Waals surface area contributed by atoms with E-state index in [1.807, 2.05) is 12.1 Å². The lowest BCUT2D eigenvalue weighted by Crippen LogP contribution is -2.36. The van der Waals surface area contributed by atoms with Crippen LogP contribution in [-0.4, -0.2) is 34.9 Å². The highest BCUT2D eigenvalue weighted by molar-refractivity contribution is 9.10. The molecule has 0 fully saturated rings. The Morgan fingerprint density at radius 3 is 3.11 bits per heavy atom. The molecule has 3 nitrogen and oxygen atoms in total. The average molecular weight is 346 g/mol. The fourth-order valence-corrected chi connectivity index (χ4v) is 3.27. The van der Waals surface area contributed by atoms with Crippen LogP contribution in [0.5, 0.6) is 5.75 Å². The van der Waals surface area contributed by atoms with E-state index in [9.17, 15) is 4.21 Å². The van der Waals surface area contributed by atoms with Crippen LogP contribution < -0.4 is 10.1 Å².